The van der Waals surface area contributed by atoms with Crippen LogP contribution in [0, 0.1) is 0 Å². The molecule has 2 aliphatic heterocycles. The molecule has 0 saturated heterocycles. The Morgan fingerprint density at radius 2 is 1.19 bits per heavy atom. The summed E-state index contributed by atoms with van der Waals surface area (Å²) in [6.07, 6.45) is 4.38. The second kappa shape index (κ2) is 8.03. The Balaban J connectivity index is 1.47. The molecule has 1 aromatic heterocycles. The van der Waals surface area contributed by atoms with Gasteiger partial charge in [-0.2, -0.15) is 0 Å². The molecule has 8 rings (SSSR count). The van der Waals surface area contributed by atoms with E-state index >= 15 is 0 Å². The van der Waals surface area contributed by atoms with Crippen molar-refractivity contribution in [1.29, 1.82) is 0 Å². The molecular formula is C40H45BN2. The molecule has 0 atom stereocenters. The van der Waals surface area contributed by atoms with E-state index in [1.165, 1.54) is 61.1 Å². The molecule has 3 heterocycles. The predicted octanol–water partition coefficient (Wildman–Crippen LogP) is 7.94. The number of hydrogen-bond acceptors (Lipinski definition) is 2. The van der Waals surface area contributed by atoms with Gasteiger partial charge in [0.15, 0.2) is 0 Å². The van der Waals surface area contributed by atoms with Gasteiger partial charge in [0.05, 0.1) is 0 Å². The molecule has 0 fully saturated rings. The van der Waals surface area contributed by atoms with Crippen molar-refractivity contribution in [1.82, 2.24) is 4.98 Å². The standard InChI is InChI=1S/C40H45BN2/c1-36(2)22-37(3,4)28-19-24(15-16-25(28)36)43-33-21-30-29(38(5,6)23-39(30,7)8)20-32(33)41-31-14-12-11-13-26(31)40(9,10)27-17-18-42-35(43)34(27)41/h11-21H,22-23H2,1-10H3. The highest BCUT2D eigenvalue weighted by Gasteiger charge is 2.50. The van der Waals surface area contributed by atoms with E-state index in [2.05, 4.69) is 141 Å². The molecule has 0 unspecified atom stereocenters. The van der Waals surface area contributed by atoms with Crippen LogP contribution in [0.1, 0.15) is 115 Å². The van der Waals surface area contributed by atoms with E-state index in [9.17, 15) is 0 Å². The van der Waals surface area contributed by atoms with Gasteiger partial charge in [-0.05, 0) is 103 Å². The number of pyridine rings is 1. The van der Waals surface area contributed by atoms with Crippen LogP contribution in [0.2, 0.25) is 0 Å². The fourth-order valence-corrected chi connectivity index (χ4v) is 10.3. The van der Waals surface area contributed by atoms with Gasteiger partial charge in [-0.1, -0.05) is 111 Å². The Kier molecular flexibility index (Phi) is 5.09. The molecule has 0 amide bonds. The van der Waals surface area contributed by atoms with Crippen LogP contribution in [0.15, 0.2) is 66.9 Å². The summed E-state index contributed by atoms with van der Waals surface area (Å²) in [5, 5.41) is 0. The van der Waals surface area contributed by atoms with Gasteiger partial charge >= 0.3 is 0 Å². The number of fused-ring (bicyclic) bond motifs is 6. The summed E-state index contributed by atoms with van der Waals surface area (Å²) in [7, 11) is 0. The molecule has 0 saturated carbocycles. The lowest BCUT2D eigenvalue weighted by Gasteiger charge is -2.45. The SMILES string of the molecule is CC1(C)CC(C)(C)c2cc(N3c4cc5c(cc4B4c6ccccc6C(C)(C)c6ccnc3c64)C(C)(C)CC5(C)C)ccc21. The van der Waals surface area contributed by atoms with E-state index in [0.717, 1.165) is 18.7 Å². The number of aromatic nitrogens is 1. The van der Waals surface area contributed by atoms with E-state index in [-0.39, 0.29) is 33.8 Å². The van der Waals surface area contributed by atoms with E-state index in [1.54, 1.807) is 0 Å². The van der Waals surface area contributed by atoms with Crippen molar-refractivity contribution in [3.8, 4) is 0 Å². The minimum absolute atomic E-state index is 0.106. The fourth-order valence-electron chi connectivity index (χ4n) is 10.3. The average Bonchev–Trinajstić information content (AvgIpc) is 3.23. The lowest BCUT2D eigenvalue weighted by Crippen LogP contribution is -2.64. The maximum absolute atomic E-state index is 5.25. The predicted molar refractivity (Wildman–Crippen MR) is 183 cm³/mol. The molecular weight excluding hydrogens is 519 g/mol. The molecule has 3 aromatic carbocycles. The summed E-state index contributed by atoms with van der Waals surface area (Å²) >= 11 is 0. The molecule has 218 valence electrons. The summed E-state index contributed by atoms with van der Waals surface area (Å²) in [5.74, 6) is 1.10. The van der Waals surface area contributed by atoms with Crippen LogP contribution in [0.5, 0.6) is 0 Å². The van der Waals surface area contributed by atoms with Gasteiger partial charge in [-0.3, -0.25) is 4.90 Å². The molecule has 0 spiro atoms. The minimum Gasteiger partial charge on any atom is -0.296 e. The van der Waals surface area contributed by atoms with Crippen LogP contribution in [-0.4, -0.2) is 11.7 Å². The van der Waals surface area contributed by atoms with Crippen molar-refractivity contribution in [2.75, 3.05) is 4.90 Å². The van der Waals surface area contributed by atoms with E-state index in [0.29, 0.717) is 0 Å². The Hall–Kier alpha value is -3.33. The molecule has 0 bridgehead atoms. The summed E-state index contributed by atoms with van der Waals surface area (Å²) in [6.45, 7) is 24.4. The summed E-state index contributed by atoms with van der Waals surface area (Å²) in [6, 6.07) is 23.9. The third-order valence-corrected chi connectivity index (χ3v) is 11.8. The number of nitrogens with zero attached hydrogens (tertiary/aromatic N) is 2. The second-order valence-electron chi connectivity index (χ2n) is 17.2. The first kappa shape index (κ1) is 27.2. The van der Waals surface area contributed by atoms with Gasteiger partial charge in [-0.15, -0.1) is 0 Å². The van der Waals surface area contributed by atoms with Crippen molar-refractivity contribution in [3.05, 3.63) is 100 Å². The quantitative estimate of drug-likeness (QED) is 0.192. The molecule has 2 aliphatic carbocycles. The zero-order valence-electron chi connectivity index (χ0n) is 27.7. The van der Waals surface area contributed by atoms with Gasteiger partial charge < -0.3 is 0 Å². The topological polar surface area (TPSA) is 16.1 Å². The van der Waals surface area contributed by atoms with Crippen LogP contribution in [0.3, 0.4) is 0 Å². The third kappa shape index (κ3) is 3.46. The smallest absolute Gasteiger partial charge is 0.249 e. The van der Waals surface area contributed by atoms with Crippen molar-refractivity contribution in [3.63, 3.8) is 0 Å². The Bertz CT molecular complexity index is 1870. The third-order valence-electron chi connectivity index (χ3n) is 11.8. The number of benzene rings is 3. The Morgan fingerprint density at radius 3 is 1.88 bits per heavy atom. The normalized spacial score (nSPS) is 21.9. The molecule has 0 radical (unpaired) electrons. The van der Waals surface area contributed by atoms with Crippen molar-refractivity contribution in [2.24, 2.45) is 0 Å². The number of anilines is 3. The summed E-state index contributed by atoms with van der Waals surface area (Å²) < 4.78 is 0. The van der Waals surface area contributed by atoms with Crippen LogP contribution in [0.25, 0.3) is 0 Å². The van der Waals surface area contributed by atoms with Gasteiger partial charge in [-0.25, -0.2) is 4.98 Å². The van der Waals surface area contributed by atoms with Crippen LogP contribution in [-0.2, 0) is 27.1 Å². The molecule has 4 aliphatic rings. The van der Waals surface area contributed by atoms with E-state index < -0.39 is 0 Å². The average molecular weight is 565 g/mol. The Morgan fingerprint density at radius 1 is 0.581 bits per heavy atom. The highest BCUT2D eigenvalue weighted by atomic mass is 15.2. The highest BCUT2D eigenvalue weighted by molar-refractivity contribution is 6.99. The lowest BCUT2D eigenvalue weighted by atomic mass is 9.30. The van der Waals surface area contributed by atoms with Gasteiger partial charge in [0.1, 0.15) is 5.82 Å². The maximum atomic E-state index is 5.25. The zero-order chi connectivity index (χ0) is 30.5. The van der Waals surface area contributed by atoms with Gasteiger partial charge in [0.25, 0.3) is 0 Å². The number of rotatable bonds is 1. The minimum atomic E-state index is -0.106. The number of hydrogen-bond donors (Lipinski definition) is 0. The molecule has 43 heavy (non-hydrogen) atoms. The largest absolute Gasteiger partial charge is 0.296 e. The van der Waals surface area contributed by atoms with Crippen molar-refractivity contribution in [2.45, 2.75) is 109 Å². The molecule has 4 aromatic rings. The van der Waals surface area contributed by atoms with Crippen LogP contribution >= 0.6 is 0 Å². The Labute approximate surface area is 259 Å². The zero-order valence-corrected chi connectivity index (χ0v) is 27.7. The summed E-state index contributed by atoms with van der Waals surface area (Å²) in [5.41, 5.74) is 16.1. The fraction of sp³-hybridized carbons (Fsp3) is 0.425. The molecule has 0 N–H and O–H groups in total. The second-order valence-corrected chi connectivity index (χ2v) is 17.2. The summed E-state index contributed by atoms with van der Waals surface area (Å²) in [4.78, 5) is 7.78. The van der Waals surface area contributed by atoms with Crippen molar-refractivity contribution < 1.29 is 0 Å². The first-order chi connectivity index (χ1) is 20.0. The first-order valence-corrected chi connectivity index (χ1v) is 16.3. The molecule has 3 heteroatoms. The maximum Gasteiger partial charge on any atom is 0.249 e. The van der Waals surface area contributed by atoms with Crippen LogP contribution in [0.4, 0.5) is 17.2 Å². The van der Waals surface area contributed by atoms with Crippen molar-refractivity contribution >= 4 is 40.3 Å². The van der Waals surface area contributed by atoms with E-state index in [1.807, 2.05) is 0 Å². The van der Waals surface area contributed by atoms with Gasteiger partial charge in [0, 0.05) is 23.0 Å². The monoisotopic (exact) mass is 564 g/mol. The van der Waals surface area contributed by atoms with E-state index in [4.69, 9.17) is 4.98 Å². The van der Waals surface area contributed by atoms with Gasteiger partial charge in [0.2, 0.25) is 6.71 Å². The first-order valence-electron chi connectivity index (χ1n) is 16.3. The van der Waals surface area contributed by atoms with Crippen LogP contribution < -0.4 is 21.3 Å². The molecule has 2 nitrogen and oxygen atoms in total. The lowest BCUT2D eigenvalue weighted by molar-refractivity contribution is 0.403. The highest BCUT2D eigenvalue weighted by Crippen LogP contribution is 2.54.